The monoisotopic (exact) mass is 210 g/mol. The summed E-state index contributed by atoms with van der Waals surface area (Å²) in [6, 6.07) is 4.09. The molecule has 1 N–H and O–H groups in total. The van der Waals surface area contributed by atoms with Crippen molar-refractivity contribution in [1.82, 2.24) is 0 Å². The Morgan fingerprint density at radius 2 is 2.27 bits per heavy atom. The predicted molar refractivity (Wildman–Crippen MR) is 57.3 cm³/mol. The third-order valence-corrected chi connectivity index (χ3v) is 1.90. The topological polar surface area (TPSA) is 29.5 Å². The molecule has 1 aromatic rings. The van der Waals surface area contributed by atoms with Crippen molar-refractivity contribution in [3.8, 4) is 5.75 Å². The highest BCUT2D eigenvalue weighted by Gasteiger charge is 2.10. The molecule has 1 unspecified atom stereocenters. The van der Waals surface area contributed by atoms with E-state index in [-0.39, 0.29) is 5.82 Å². The van der Waals surface area contributed by atoms with Gasteiger partial charge in [0.05, 0.1) is 6.10 Å². The lowest BCUT2D eigenvalue weighted by Gasteiger charge is -2.13. The molecule has 0 spiro atoms. The molecule has 0 aliphatic heterocycles. The molecule has 0 aliphatic rings. The van der Waals surface area contributed by atoms with Crippen LogP contribution in [0.4, 0.5) is 4.39 Å². The van der Waals surface area contributed by atoms with Crippen molar-refractivity contribution in [3.05, 3.63) is 41.7 Å². The summed E-state index contributed by atoms with van der Waals surface area (Å²) in [5, 5.41) is 9.44. The van der Waals surface area contributed by atoms with Crippen LogP contribution in [0, 0.1) is 5.82 Å². The van der Waals surface area contributed by atoms with Gasteiger partial charge in [-0.1, -0.05) is 6.58 Å². The quantitative estimate of drug-likeness (QED) is 0.774. The molecule has 1 rings (SSSR count). The summed E-state index contributed by atoms with van der Waals surface area (Å²) in [6.07, 6.45) is -0.675. The van der Waals surface area contributed by atoms with Crippen LogP contribution in [-0.2, 0) is 0 Å². The Hall–Kier alpha value is -1.35. The number of ether oxygens (including phenoxy) is 1. The summed E-state index contributed by atoms with van der Waals surface area (Å²) < 4.78 is 18.3. The molecule has 1 aromatic carbocycles. The van der Waals surface area contributed by atoms with Gasteiger partial charge in [-0.2, -0.15) is 0 Å². The van der Waals surface area contributed by atoms with Crippen LogP contribution in [0.3, 0.4) is 0 Å². The average Bonchev–Trinajstić information content (AvgIpc) is 2.14. The normalized spacial score (nSPS) is 12.3. The van der Waals surface area contributed by atoms with Crippen molar-refractivity contribution >= 4 is 0 Å². The lowest BCUT2D eigenvalue weighted by Crippen LogP contribution is -2.03. The van der Waals surface area contributed by atoms with Crippen molar-refractivity contribution in [2.45, 2.75) is 20.0 Å². The van der Waals surface area contributed by atoms with Gasteiger partial charge in [-0.15, -0.1) is 0 Å². The van der Waals surface area contributed by atoms with E-state index in [0.717, 1.165) is 5.57 Å². The molecular formula is C12H15FO2. The van der Waals surface area contributed by atoms with Crippen LogP contribution in [0.1, 0.15) is 25.5 Å². The minimum atomic E-state index is -0.675. The second-order valence-electron chi connectivity index (χ2n) is 3.60. The Kier molecular flexibility index (Phi) is 3.86. The number of halogens is 1. The first-order valence-corrected chi connectivity index (χ1v) is 4.75. The number of hydrogen-bond acceptors (Lipinski definition) is 2. The number of benzene rings is 1. The number of aliphatic hydroxyl groups is 1. The fraction of sp³-hybridized carbons (Fsp3) is 0.333. The molecule has 0 aromatic heterocycles. The summed E-state index contributed by atoms with van der Waals surface area (Å²) in [7, 11) is 0. The maximum Gasteiger partial charge on any atom is 0.128 e. The number of aliphatic hydroxyl groups excluding tert-OH is 1. The fourth-order valence-electron chi connectivity index (χ4n) is 1.18. The molecule has 0 heterocycles. The van der Waals surface area contributed by atoms with Crippen LogP contribution in [0.25, 0.3) is 0 Å². The first-order valence-electron chi connectivity index (χ1n) is 4.75. The van der Waals surface area contributed by atoms with Gasteiger partial charge in [-0.3, -0.25) is 0 Å². The summed E-state index contributed by atoms with van der Waals surface area (Å²) in [5.74, 6) is -0.0101. The molecule has 0 fully saturated rings. The highest BCUT2D eigenvalue weighted by molar-refractivity contribution is 5.35. The molecular weight excluding hydrogens is 195 g/mol. The standard InChI is InChI=1S/C12H15FO2/c1-8(2)7-15-12-6-10(13)4-5-11(12)9(3)14/h4-6,9,14H,1,7H2,2-3H3. The zero-order chi connectivity index (χ0) is 11.4. The lowest BCUT2D eigenvalue weighted by atomic mass is 10.1. The summed E-state index contributed by atoms with van der Waals surface area (Å²) >= 11 is 0. The first kappa shape index (κ1) is 11.7. The van der Waals surface area contributed by atoms with E-state index in [1.807, 2.05) is 6.92 Å². The molecule has 0 bridgehead atoms. The van der Waals surface area contributed by atoms with Gasteiger partial charge in [-0.25, -0.2) is 4.39 Å². The predicted octanol–water partition coefficient (Wildman–Crippen LogP) is 2.83. The van der Waals surface area contributed by atoms with Crippen molar-refractivity contribution in [2.24, 2.45) is 0 Å². The van der Waals surface area contributed by atoms with E-state index in [2.05, 4.69) is 6.58 Å². The molecule has 0 saturated carbocycles. The van der Waals surface area contributed by atoms with Gasteiger partial charge in [0.25, 0.3) is 0 Å². The minimum Gasteiger partial charge on any atom is -0.489 e. The number of hydrogen-bond donors (Lipinski definition) is 1. The summed E-state index contributed by atoms with van der Waals surface area (Å²) in [4.78, 5) is 0. The van der Waals surface area contributed by atoms with Crippen molar-refractivity contribution in [3.63, 3.8) is 0 Å². The largest absolute Gasteiger partial charge is 0.489 e. The van der Waals surface area contributed by atoms with Crippen LogP contribution in [-0.4, -0.2) is 11.7 Å². The van der Waals surface area contributed by atoms with E-state index in [1.54, 1.807) is 6.92 Å². The molecule has 2 nitrogen and oxygen atoms in total. The maximum atomic E-state index is 13.0. The van der Waals surface area contributed by atoms with E-state index in [1.165, 1.54) is 18.2 Å². The fourth-order valence-corrected chi connectivity index (χ4v) is 1.18. The SMILES string of the molecule is C=C(C)COc1cc(F)ccc1C(C)O. The third kappa shape index (κ3) is 3.36. The van der Waals surface area contributed by atoms with Gasteiger partial charge in [0.1, 0.15) is 18.2 Å². The first-order chi connectivity index (χ1) is 7.00. The highest BCUT2D eigenvalue weighted by Crippen LogP contribution is 2.26. The van der Waals surface area contributed by atoms with Crippen LogP contribution < -0.4 is 4.74 Å². The van der Waals surface area contributed by atoms with Gasteiger partial charge in [0.2, 0.25) is 0 Å². The third-order valence-electron chi connectivity index (χ3n) is 1.90. The van der Waals surface area contributed by atoms with Gasteiger partial charge in [0, 0.05) is 11.6 Å². The number of rotatable bonds is 4. The van der Waals surface area contributed by atoms with Crippen molar-refractivity contribution in [2.75, 3.05) is 6.61 Å². The maximum absolute atomic E-state index is 13.0. The van der Waals surface area contributed by atoms with Crippen LogP contribution in [0.15, 0.2) is 30.4 Å². The molecule has 0 radical (unpaired) electrons. The van der Waals surface area contributed by atoms with E-state index >= 15 is 0 Å². The molecule has 0 amide bonds. The Labute approximate surface area is 89.0 Å². The van der Waals surface area contributed by atoms with Crippen LogP contribution in [0.5, 0.6) is 5.75 Å². The minimum absolute atomic E-state index is 0.323. The Balaban J connectivity index is 2.91. The van der Waals surface area contributed by atoms with Crippen molar-refractivity contribution < 1.29 is 14.2 Å². The van der Waals surface area contributed by atoms with Crippen LogP contribution in [0.2, 0.25) is 0 Å². The Morgan fingerprint density at radius 1 is 1.60 bits per heavy atom. The zero-order valence-electron chi connectivity index (χ0n) is 8.96. The molecule has 0 saturated heterocycles. The van der Waals surface area contributed by atoms with Crippen LogP contribution >= 0.6 is 0 Å². The summed E-state index contributed by atoms with van der Waals surface area (Å²) in [6.45, 7) is 7.44. The lowest BCUT2D eigenvalue weighted by molar-refractivity contribution is 0.192. The van der Waals surface area contributed by atoms with Gasteiger partial charge in [0.15, 0.2) is 0 Å². The van der Waals surface area contributed by atoms with E-state index in [4.69, 9.17) is 4.74 Å². The highest BCUT2D eigenvalue weighted by atomic mass is 19.1. The average molecular weight is 210 g/mol. The molecule has 3 heteroatoms. The summed E-state index contributed by atoms with van der Waals surface area (Å²) in [5.41, 5.74) is 1.42. The Morgan fingerprint density at radius 3 is 2.80 bits per heavy atom. The zero-order valence-corrected chi connectivity index (χ0v) is 8.96. The van der Waals surface area contributed by atoms with E-state index in [0.29, 0.717) is 17.9 Å². The smallest absolute Gasteiger partial charge is 0.128 e. The molecule has 1 atom stereocenters. The van der Waals surface area contributed by atoms with E-state index in [9.17, 15) is 9.50 Å². The molecule has 0 aliphatic carbocycles. The second-order valence-corrected chi connectivity index (χ2v) is 3.60. The van der Waals surface area contributed by atoms with E-state index < -0.39 is 6.10 Å². The Bertz CT molecular complexity index is 359. The molecule has 15 heavy (non-hydrogen) atoms. The van der Waals surface area contributed by atoms with Gasteiger partial charge >= 0.3 is 0 Å². The second kappa shape index (κ2) is 4.94. The van der Waals surface area contributed by atoms with Gasteiger partial charge in [-0.05, 0) is 31.6 Å². The van der Waals surface area contributed by atoms with Crippen molar-refractivity contribution in [1.29, 1.82) is 0 Å². The molecule has 82 valence electrons. The van der Waals surface area contributed by atoms with Gasteiger partial charge < -0.3 is 9.84 Å².